The summed E-state index contributed by atoms with van der Waals surface area (Å²) in [6.45, 7) is 6.03. The summed E-state index contributed by atoms with van der Waals surface area (Å²) in [7, 11) is 0. The molecule has 1 rings (SSSR count). The van der Waals surface area contributed by atoms with Crippen LogP contribution >= 0.6 is 15.9 Å². The van der Waals surface area contributed by atoms with Crippen molar-refractivity contribution in [3.8, 4) is 0 Å². The second-order valence-electron chi connectivity index (χ2n) is 3.84. The fourth-order valence-electron chi connectivity index (χ4n) is 1.56. The molecule has 1 aromatic rings. The minimum atomic E-state index is 0.229. The molecule has 0 atom stereocenters. The van der Waals surface area contributed by atoms with Gasteiger partial charge in [0.2, 0.25) is 0 Å². The fraction of sp³-hybridized carbons (Fsp3) is 0.727. The Balaban J connectivity index is 2.30. The maximum atomic E-state index is 8.97. The van der Waals surface area contributed by atoms with E-state index in [2.05, 4.69) is 32.9 Å². The third-order valence-corrected chi connectivity index (χ3v) is 2.90. The van der Waals surface area contributed by atoms with Gasteiger partial charge in [0.05, 0.1) is 23.8 Å². The van der Waals surface area contributed by atoms with E-state index in [1.807, 2.05) is 10.9 Å². The largest absolute Gasteiger partial charge is 0.395 e. The molecule has 0 aliphatic rings. The maximum absolute atomic E-state index is 8.97. The van der Waals surface area contributed by atoms with Gasteiger partial charge in [-0.05, 0) is 28.9 Å². The highest BCUT2D eigenvalue weighted by Crippen LogP contribution is 2.06. The van der Waals surface area contributed by atoms with Gasteiger partial charge in [0, 0.05) is 19.3 Å². The van der Waals surface area contributed by atoms with E-state index in [0.717, 1.165) is 30.7 Å². The Morgan fingerprint density at radius 3 is 2.81 bits per heavy atom. The molecule has 0 aliphatic heterocycles. The van der Waals surface area contributed by atoms with Crippen LogP contribution in [0.1, 0.15) is 19.8 Å². The third-order valence-electron chi connectivity index (χ3n) is 2.49. The predicted octanol–water partition coefficient (Wildman–Crippen LogP) is 1.74. The molecule has 0 bridgehead atoms. The van der Waals surface area contributed by atoms with Gasteiger partial charge in [-0.3, -0.25) is 9.58 Å². The van der Waals surface area contributed by atoms with Crippen LogP contribution in [-0.2, 0) is 6.54 Å². The van der Waals surface area contributed by atoms with Crippen molar-refractivity contribution in [2.45, 2.75) is 26.3 Å². The van der Waals surface area contributed by atoms with Crippen LogP contribution in [0.4, 0.5) is 0 Å². The molecule has 5 heteroatoms. The molecule has 0 saturated heterocycles. The SMILES string of the molecule is CCCCN(CCO)CCn1cc(Br)cn1. The number of halogens is 1. The molecule has 0 aliphatic carbocycles. The number of rotatable bonds is 8. The zero-order valence-corrected chi connectivity index (χ0v) is 11.4. The summed E-state index contributed by atoms with van der Waals surface area (Å²) in [6.07, 6.45) is 6.14. The summed E-state index contributed by atoms with van der Waals surface area (Å²) in [4.78, 5) is 2.28. The minimum absolute atomic E-state index is 0.229. The Bertz CT molecular complexity index is 291. The minimum Gasteiger partial charge on any atom is -0.395 e. The highest BCUT2D eigenvalue weighted by molar-refractivity contribution is 9.10. The van der Waals surface area contributed by atoms with Crippen molar-refractivity contribution in [3.05, 3.63) is 16.9 Å². The summed E-state index contributed by atoms with van der Waals surface area (Å²) in [6, 6.07) is 0. The first kappa shape index (κ1) is 13.7. The first-order valence-corrected chi connectivity index (χ1v) is 6.56. The van der Waals surface area contributed by atoms with Crippen molar-refractivity contribution >= 4 is 15.9 Å². The summed E-state index contributed by atoms with van der Waals surface area (Å²) in [5.41, 5.74) is 0. The second-order valence-corrected chi connectivity index (χ2v) is 4.76. The van der Waals surface area contributed by atoms with Crippen molar-refractivity contribution in [1.82, 2.24) is 14.7 Å². The van der Waals surface area contributed by atoms with Crippen LogP contribution in [0, 0.1) is 0 Å². The van der Waals surface area contributed by atoms with Crippen LogP contribution in [0.2, 0.25) is 0 Å². The first-order valence-electron chi connectivity index (χ1n) is 5.77. The summed E-state index contributed by atoms with van der Waals surface area (Å²) < 4.78 is 2.93. The normalized spacial score (nSPS) is 11.2. The smallest absolute Gasteiger partial charge is 0.0632 e. The van der Waals surface area contributed by atoms with Crippen LogP contribution in [0.25, 0.3) is 0 Å². The maximum Gasteiger partial charge on any atom is 0.0632 e. The third kappa shape index (κ3) is 5.09. The van der Waals surface area contributed by atoms with Crippen molar-refractivity contribution in [2.75, 3.05) is 26.2 Å². The Kier molecular flexibility index (Phi) is 6.68. The van der Waals surface area contributed by atoms with Gasteiger partial charge in [-0.15, -0.1) is 0 Å². The van der Waals surface area contributed by atoms with Crippen molar-refractivity contribution in [1.29, 1.82) is 0 Å². The molecule has 1 heterocycles. The van der Waals surface area contributed by atoms with Gasteiger partial charge in [0.25, 0.3) is 0 Å². The topological polar surface area (TPSA) is 41.3 Å². The monoisotopic (exact) mass is 289 g/mol. The number of hydrogen-bond acceptors (Lipinski definition) is 3. The quantitative estimate of drug-likeness (QED) is 0.793. The number of aliphatic hydroxyl groups excluding tert-OH is 1. The molecule has 1 N–H and O–H groups in total. The van der Waals surface area contributed by atoms with Gasteiger partial charge in [-0.1, -0.05) is 13.3 Å². The molecule has 1 aromatic heterocycles. The van der Waals surface area contributed by atoms with Crippen molar-refractivity contribution < 1.29 is 5.11 Å². The number of hydrogen-bond donors (Lipinski definition) is 1. The lowest BCUT2D eigenvalue weighted by atomic mass is 10.3. The zero-order chi connectivity index (χ0) is 11.8. The Labute approximate surface area is 105 Å². The highest BCUT2D eigenvalue weighted by Gasteiger charge is 2.04. The Morgan fingerprint density at radius 2 is 2.25 bits per heavy atom. The lowest BCUT2D eigenvalue weighted by molar-refractivity contribution is 0.187. The lowest BCUT2D eigenvalue weighted by Crippen LogP contribution is -2.31. The molecule has 92 valence electrons. The van der Waals surface area contributed by atoms with E-state index in [4.69, 9.17) is 5.11 Å². The Hall–Kier alpha value is -0.390. The van der Waals surface area contributed by atoms with Gasteiger partial charge in [-0.2, -0.15) is 5.10 Å². The average molecular weight is 290 g/mol. The van der Waals surface area contributed by atoms with Crippen molar-refractivity contribution in [3.63, 3.8) is 0 Å². The predicted molar refractivity (Wildman–Crippen MR) is 68.4 cm³/mol. The van der Waals surface area contributed by atoms with Gasteiger partial charge in [0.15, 0.2) is 0 Å². The van der Waals surface area contributed by atoms with Crippen LogP contribution in [0.15, 0.2) is 16.9 Å². The molecule has 4 nitrogen and oxygen atoms in total. The molecular weight excluding hydrogens is 270 g/mol. The van der Waals surface area contributed by atoms with E-state index in [-0.39, 0.29) is 6.61 Å². The van der Waals surface area contributed by atoms with E-state index >= 15 is 0 Å². The van der Waals surface area contributed by atoms with Gasteiger partial charge < -0.3 is 5.11 Å². The highest BCUT2D eigenvalue weighted by atomic mass is 79.9. The standard InChI is InChI=1S/C11H20BrN3O/c1-2-3-4-14(7-8-16)5-6-15-10-11(12)9-13-15/h9-10,16H,2-8H2,1H3. The molecular formula is C11H20BrN3O. The molecule has 0 saturated carbocycles. The van der Waals surface area contributed by atoms with E-state index < -0.39 is 0 Å². The van der Waals surface area contributed by atoms with E-state index in [1.54, 1.807) is 6.20 Å². The fourth-order valence-corrected chi connectivity index (χ4v) is 1.89. The van der Waals surface area contributed by atoms with Crippen LogP contribution in [-0.4, -0.2) is 46.0 Å². The zero-order valence-electron chi connectivity index (χ0n) is 9.77. The van der Waals surface area contributed by atoms with E-state index in [9.17, 15) is 0 Å². The summed E-state index contributed by atoms with van der Waals surface area (Å²) in [5.74, 6) is 0. The second kappa shape index (κ2) is 7.81. The Morgan fingerprint density at radius 1 is 1.44 bits per heavy atom. The van der Waals surface area contributed by atoms with Crippen molar-refractivity contribution in [2.24, 2.45) is 0 Å². The molecule has 0 spiro atoms. The average Bonchev–Trinajstić information content (AvgIpc) is 2.68. The lowest BCUT2D eigenvalue weighted by Gasteiger charge is -2.20. The summed E-state index contributed by atoms with van der Waals surface area (Å²) in [5, 5.41) is 13.2. The number of nitrogens with zero attached hydrogens (tertiary/aromatic N) is 3. The van der Waals surface area contributed by atoms with E-state index in [0.29, 0.717) is 0 Å². The van der Waals surface area contributed by atoms with E-state index in [1.165, 1.54) is 12.8 Å². The number of aromatic nitrogens is 2. The number of unbranched alkanes of at least 4 members (excludes halogenated alkanes) is 1. The van der Waals surface area contributed by atoms with Gasteiger partial charge >= 0.3 is 0 Å². The van der Waals surface area contributed by atoms with Crippen LogP contribution in [0.3, 0.4) is 0 Å². The number of aliphatic hydroxyl groups is 1. The molecule has 0 fully saturated rings. The molecule has 16 heavy (non-hydrogen) atoms. The van der Waals surface area contributed by atoms with Crippen LogP contribution in [0.5, 0.6) is 0 Å². The first-order chi connectivity index (χ1) is 7.76. The molecule has 0 radical (unpaired) electrons. The molecule has 0 unspecified atom stereocenters. The summed E-state index contributed by atoms with van der Waals surface area (Å²) >= 11 is 3.37. The van der Waals surface area contributed by atoms with Gasteiger partial charge in [0.1, 0.15) is 0 Å². The van der Waals surface area contributed by atoms with Gasteiger partial charge in [-0.25, -0.2) is 0 Å². The molecule has 0 aromatic carbocycles. The van der Waals surface area contributed by atoms with Crippen LogP contribution < -0.4 is 0 Å². The molecule has 0 amide bonds.